The van der Waals surface area contributed by atoms with E-state index in [1.807, 2.05) is 31.3 Å². The minimum absolute atomic E-state index is 0.185. The number of quaternary nitrogens is 1. The van der Waals surface area contributed by atoms with Crippen molar-refractivity contribution in [1.82, 2.24) is 4.90 Å². The summed E-state index contributed by atoms with van der Waals surface area (Å²) in [7, 11) is 1.87. The van der Waals surface area contributed by atoms with E-state index in [9.17, 15) is 4.79 Å². The number of aryl methyl sites for hydroxylation is 1. The number of benzene rings is 2. The summed E-state index contributed by atoms with van der Waals surface area (Å²) >= 11 is 6.03. The third-order valence-electron chi connectivity index (χ3n) is 5.06. The molecule has 138 valence electrons. The third-order valence-corrected chi connectivity index (χ3v) is 5.30. The van der Waals surface area contributed by atoms with Gasteiger partial charge in [-0.1, -0.05) is 41.9 Å². The van der Waals surface area contributed by atoms with Crippen LogP contribution in [-0.4, -0.2) is 50.6 Å². The van der Waals surface area contributed by atoms with Crippen LogP contribution in [0.2, 0.25) is 5.02 Å². The molecule has 0 aliphatic carbocycles. The summed E-state index contributed by atoms with van der Waals surface area (Å²) < 4.78 is 0. The van der Waals surface area contributed by atoms with Crippen LogP contribution in [-0.2, 0) is 11.3 Å². The van der Waals surface area contributed by atoms with Crippen LogP contribution in [0.25, 0.3) is 0 Å². The second-order valence-corrected chi connectivity index (χ2v) is 7.52. The number of amides is 1. The van der Waals surface area contributed by atoms with E-state index in [0.717, 1.165) is 31.7 Å². The molecule has 0 atom stereocenters. The number of nitrogens with one attached hydrogen (secondary N) is 1. The highest BCUT2D eigenvalue weighted by Gasteiger charge is 2.24. The van der Waals surface area contributed by atoms with E-state index >= 15 is 0 Å². The topological polar surface area (TPSA) is 28.0 Å². The normalized spacial score (nSPS) is 15.1. The van der Waals surface area contributed by atoms with E-state index in [4.69, 9.17) is 11.6 Å². The standard InChI is InChI=1S/C21H26ClN3O/c1-17-6-3-4-9-20(17)25-12-10-24(11-13-25)16-21(26)23(2)15-18-7-5-8-19(22)14-18/h3-9,14H,10-13,15-16H2,1-2H3/p+1. The second-order valence-electron chi connectivity index (χ2n) is 7.08. The lowest BCUT2D eigenvalue weighted by Crippen LogP contribution is -3.15. The Morgan fingerprint density at radius 1 is 1.15 bits per heavy atom. The number of hydrogen-bond donors (Lipinski definition) is 1. The molecule has 1 saturated heterocycles. The predicted molar refractivity (Wildman–Crippen MR) is 107 cm³/mol. The maximum Gasteiger partial charge on any atom is 0.277 e. The van der Waals surface area contributed by atoms with Crippen molar-refractivity contribution in [3.05, 3.63) is 64.7 Å². The molecule has 2 aromatic rings. The van der Waals surface area contributed by atoms with E-state index in [2.05, 4.69) is 36.1 Å². The molecule has 3 rings (SSSR count). The van der Waals surface area contributed by atoms with Crippen LogP contribution in [0.5, 0.6) is 0 Å². The van der Waals surface area contributed by atoms with Crippen molar-refractivity contribution in [1.29, 1.82) is 0 Å². The first kappa shape index (κ1) is 18.7. The van der Waals surface area contributed by atoms with Crippen LogP contribution in [0, 0.1) is 6.92 Å². The maximum absolute atomic E-state index is 12.6. The molecule has 4 nitrogen and oxygen atoms in total. The number of rotatable bonds is 5. The van der Waals surface area contributed by atoms with Crippen LogP contribution in [0.4, 0.5) is 5.69 Å². The van der Waals surface area contributed by atoms with Crippen LogP contribution in [0.3, 0.4) is 0 Å². The number of likely N-dealkylation sites (N-methyl/N-ethyl adjacent to an activating group) is 1. The van der Waals surface area contributed by atoms with Gasteiger partial charge in [-0.2, -0.15) is 0 Å². The van der Waals surface area contributed by atoms with Crippen molar-refractivity contribution in [2.45, 2.75) is 13.5 Å². The molecule has 1 aliphatic heterocycles. The molecule has 1 heterocycles. The molecule has 2 aromatic carbocycles. The van der Waals surface area contributed by atoms with Gasteiger partial charge in [0.25, 0.3) is 5.91 Å². The van der Waals surface area contributed by atoms with Gasteiger partial charge >= 0.3 is 0 Å². The van der Waals surface area contributed by atoms with Crippen LogP contribution >= 0.6 is 11.6 Å². The molecule has 0 radical (unpaired) electrons. The summed E-state index contributed by atoms with van der Waals surface area (Å²) in [6, 6.07) is 16.2. The van der Waals surface area contributed by atoms with Crippen molar-refractivity contribution in [2.75, 3.05) is 44.7 Å². The van der Waals surface area contributed by atoms with Crippen LogP contribution in [0.1, 0.15) is 11.1 Å². The first-order valence-corrected chi connectivity index (χ1v) is 9.53. The molecule has 1 amide bonds. The number of carbonyl (C=O) groups excluding carboxylic acids is 1. The molecule has 26 heavy (non-hydrogen) atoms. The number of carbonyl (C=O) groups is 1. The van der Waals surface area contributed by atoms with E-state index in [-0.39, 0.29) is 5.91 Å². The largest absolute Gasteiger partial charge is 0.360 e. The van der Waals surface area contributed by atoms with Crippen molar-refractivity contribution < 1.29 is 9.69 Å². The molecule has 1 aliphatic rings. The molecule has 1 N–H and O–H groups in total. The molecular formula is C21H27ClN3O+. The van der Waals surface area contributed by atoms with Gasteiger partial charge in [0.05, 0.1) is 26.2 Å². The SMILES string of the molecule is Cc1ccccc1N1CC[NH+](CC(=O)N(C)Cc2cccc(Cl)c2)CC1. The maximum atomic E-state index is 12.6. The number of hydrogen-bond acceptors (Lipinski definition) is 2. The lowest BCUT2D eigenvalue weighted by atomic mass is 10.1. The first-order valence-electron chi connectivity index (χ1n) is 9.15. The van der Waals surface area contributed by atoms with E-state index < -0.39 is 0 Å². The van der Waals surface area contributed by atoms with Gasteiger partial charge in [-0.05, 0) is 36.2 Å². The zero-order valence-electron chi connectivity index (χ0n) is 15.5. The number of halogens is 1. The highest BCUT2D eigenvalue weighted by Crippen LogP contribution is 2.18. The van der Waals surface area contributed by atoms with Gasteiger partial charge in [0.2, 0.25) is 0 Å². The Hall–Kier alpha value is -2.04. The van der Waals surface area contributed by atoms with Gasteiger partial charge in [-0.15, -0.1) is 0 Å². The number of anilines is 1. The quantitative estimate of drug-likeness (QED) is 0.869. The zero-order chi connectivity index (χ0) is 18.5. The number of para-hydroxylation sites is 1. The summed E-state index contributed by atoms with van der Waals surface area (Å²) in [6.07, 6.45) is 0. The molecule has 0 aromatic heterocycles. The Morgan fingerprint density at radius 3 is 2.58 bits per heavy atom. The fraction of sp³-hybridized carbons (Fsp3) is 0.381. The van der Waals surface area contributed by atoms with Crippen molar-refractivity contribution >= 4 is 23.2 Å². The van der Waals surface area contributed by atoms with Gasteiger partial charge in [-0.25, -0.2) is 0 Å². The average molecular weight is 373 g/mol. The average Bonchev–Trinajstić information content (AvgIpc) is 2.63. The van der Waals surface area contributed by atoms with Gasteiger partial charge in [0.1, 0.15) is 0 Å². The molecule has 0 bridgehead atoms. The van der Waals surface area contributed by atoms with Gasteiger partial charge in [-0.3, -0.25) is 4.79 Å². The first-order chi connectivity index (χ1) is 12.5. The van der Waals surface area contributed by atoms with E-state index in [0.29, 0.717) is 18.1 Å². The molecule has 5 heteroatoms. The Balaban J connectivity index is 1.49. The van der Waals surface area contributed by atoms with Crippen LogP contribution in [0.15, 0.2) is 48.5 Å². The van der Waals surface area contributed by atoms with Gasteiger partial charge in [0, 0.05) is 24.3 Å². The Labute approximate surface area is 161 Å². The van der Waals surface area contributed by atoms with Gasteiger partial charge in [0.15, 0.2) is 6.54 Å². The highest BCUT2D eigenvalue weighted by atomic mass is 35.5. The molecule has 0 saturated carbocycles. The number of piperazine rings is 1. The molecule has 0 spiro atoms. The van der Waals surface area contributed by atoms with Crippen molar-refractivity contribution in [3.63, 3.8) is 0 Å². The summed E-state index contributed by atoms with van der Waals surface area (Å²) in [5.74, 6) is 0.185. The van der Waals surface area contributed by atoms with Crippen molar-refractivity contribution in [3.8, 4) is 0 Å². The minimum atomic E-state index is 0.185. The smallest absolute Gasteiger partial charge is 0.277 e. The lowest BCUT2D eigenvalue weighted by Gasteiger charge is -2.34. The summed E-state index contributed by atoms with van der Waals surface area (Å²) in [5.41, 5.74) is 3.69. The fourth-order valence-electron chi connectivity index (χ4n) is 3.51. The highest BCUT2D eigenvalue weighted by molar-refractivity contribution is 6.30. The summed E-state index contributed by atoms with van der Waals surface area (Å²) in [4.78, 5) is 18.2. The summed E-state index contributed by atoms with van der Waals surface area (Å²) in [6.45, 7) is 7.27. The van der Waals surface area contributed by atoms with Crippen molar-refractivity contribution in [2.24, 2.45) is 0 Å². The Kier molecular flexibility index (Phi) is 6.17. The summed E-state index contributed by atoms with van der Waals surface area (Å²) in [5, 5.41) is 0.710. The number of nitrogens with zero attached hydrogens (tertiary/aromatic N) is 2. The predicted octanol–water partition coefficient (Wildman–Crippen LogP) is 2.01. The Bertz CT molecular complexity index is 756. The van der Waals surface area contributed by atoms with Gasteiger partial charge < -0.3 is 14.7 Å². The minimum Gasteiger partial charge on any atom is -0.360 e. The molecule has 1 fully saturated rings. The fourth-order valence-corrected chi connectivity index (χ4v) is 3.72. The molecular weight excluding hydrogens is 346 g/mol. The zero-order valence-corrected chi connectivity index (χ0v) is 16.3. The second kappa shape index (κ2) is 8.56. The van der Waals surface area contributed by atoms with E-state index in [1.54, 1.807) is 4.90 Å². The van der Waals surface area contributed by atoms with E-state index in [1.165, 1.54) is 16.2 Å². The monoisotopic (exact) mass is 372 g/mol. The Morgan fingerprint density at radius 2 is 1.88 bits per heavy atom. The van der Waals surface area contributed by atoms with Crippen LogP contribution < -0.4 is 9.80 Å². The third kappa shape index (κ3) is 4.77. The lowest BCUT2D eigenvalue weighted by molar-refractivity contribution is -0.892. The molecule has 0 unspecified atom stereocenters.